The highest BCUT2D eigenvalue weighted by atomic mass is 16.3. The Hall–Kier alpha value is -1.48. The van der Waals surface area contributed by atoms with E-state index in [9.17, 15) is 10.2 Å². The van der Waals surface area contributed by atoms with Gasteiger partial charge in [-0.1, -0.05) is 12.1 Å². The van der Waals surface area contributed by atoms with Gasteiger partial charge in [0.2, 0.25) is 0 Å². The van der Waals surface area contributed by atoms with Crippen molar-refractivity contribution in [2.24, 2.45) is 34.8 Å². The molecule has 24 heavy (non-hydrogen) atoms. The zero-order valence-electron chi connectivity index (χ0n) is 14.2. The Labute approximate surface area is 143 Å². The molecule has 4 bridgehead atoms. The van der Waals surface area contributed by atoms with Crippen LogP contribution in [0.3, 0.4) is 0 Å². The van der Waals surface area contributed by atoms with Crippen molar-refractivity contribution in [3.05, 3.63) is 29.3 Å². The van der Waals surface area contributed by atoms with Crippen LogP contribution < -0.4 is 5.73 Å². The first-order valence-corrected chi connectivity index (χ1v) is 9.53. The van der Waals surface area contributed by atoms with Crippen LogP contribution in [-0.4, -0.2) is 16.8 Å². The highest BCUT2D eigenvalue weighted by molar-refractivity contribution is 5.75. The second-order valence-corrected chi connectivity index (χ2v) is 8.95. The predicted molar refractivity (Wildman–Crippen MR) is 94.6 cm³/mol. The quantitative estimate of drug-likeness (QED) is 0.724. The van der Waals surface area contributed by atoms with E-state index in [1.165, 1.54) is 38.5 Å². The van der Waals surface area contributed by atoms with Gasteiger partial charge in [0, 0.05) is 12.1 Å². The van der Waals surface area contributed by atoms with Crippen molar-refractivity contribution in [1.29, 1.82) is 0 Å². The minimum absolute atomic E-state index is 0.00344. The van der Waals surface area contributed by atoms with E-state index in [1.807, 2.05) is 6.07 Å². The summed E-state index contributed by atoms with van der Waals surface area (Å²) >= 11 is 0. The van der Waals surface area contributed by atoms with Crippen LogP contribution in [0.15, 0.2) is 18.2 Å². The van der Waals surface area contributed by atoms with Gasteiger partial charge in [0.25, 0.3) is 0 Å². The molecule has 1 unspecified atom stereocenters. The van der Waals surface area contributed by atoms with E-state index in [-0.39, 0.29) is 11.5 Å². The van der Waals surface area contributed by atoms with Gasteiger partial charge in [-0.25, -0.2) is 0 Å². The average molecular weight is 325 g/mol. The summed E-state index contributed by atoms with van der Waals surface area (Å²) in [5.74, 6) is 3.29. The van der Waals surface area contributed by atoms with Crippen LogP contribution in [0.1, 0.15) is 49.7 Å². The molecule has 3 nitrogen and oxygen atoms in total. The van der Waals surface area contributed by atoms with Crippen LogP contribution in [0.5, 0.6) is 11.5 Å². The third-order valence-electron chi connectivity index (χ3n) is 7.53. The van der Waals surface area contributed by atoms with Crippen LogP contribution in [0.2, 0.25) is 0 Å². The highest BCUT2D eigenvalue weighted by Crippen LogP contribution is 2.64. The van der Waals surface area contributed by atoms with Gasteiger partial charge in [0.1, 0.15) is 0 Å². The molecule has 0 saturated heterocycles. The number of rotatable bonds is 2. The molecule has 0 spiro atoms. The van der Waals surface area contributed by atoms with Crippen molar-refractivity contribution in [3.63, 3.8) is 0 Å². The van der Waals surface area contributed by atoms with Crippen molar-refractivity contribution >= 4 is 5.57 Å². The SMILES string of the molecule is NCC1=CC(C23CC4CC(CC(C4)C2)C3)Cc2c1ccc(O)c2O. The van der Waals surface area contributed by atoms with Crippen LogP contribution >= 0.6 is 0 Å². The molecule has 0 radical (unpaired) electrons. The number of phenolic OH excluding ortho intramolecular Hbond substituents is 2. The highest BCUT2D eigenvalue weighted by Gasteiger charge is 2.54. The fraction of sp³-hybridized carbons (Fsp3) is 0.619. The first-order valence-electron chi connectivity index (χ1n) is 9.53. The van der Waals surface area contributed by atoms with Crippen LogP contribution in [0, 0.1) is 29.1 Å². The molecule has 1 aromatic carbocycles. The van der Waals surface area contributed by atoms with Crippen molar-refractivity contribution < 1.29 is 10.2 Å². The lowest BCUT2D eigenvalue weighted by molar-refractivity contribution is -0.0765. The minimum atomic E-state index is -0.00344. The second kappa shape index (κ2) is 5.01. The van der Waals surface area contributed by atoms with E-state index in [0.717, 1.165) is 40.9 Å². The number of hydrogen-bond donors (Lipinski definition) is 3. The monoisotopic (exact) mass is 325 g/mol. The van der Waals surface area contributed by atoms with Gasteiger partial charge >= 0.3 is 0 Å². The van der Waals surface area contributed by atoms with Gasteiger partial charge in [-0.2, -0.15) is 0 Å². The molecule has 6 rings (SSSR count). The summed E-state index contributed by atoms with van der Waals surface area (Å²) < 4.78 is 0. The van der Waals surface area contributed by atoms with Gasteiger partial charge in [-0.05, 0) is 91.2 Å². The third kappa shape index (κ3) is 2.00. The first kappa shape index (κ1) is 14.8. The van der Waals surface area contributed by atoms with Gasteiger partial charge in [-0.3, -0.25) is 0 Å². The Morgan fingerprint density at radius 2 is 1.62 bits per heavy atom. The maximum Gasteiger partial charge on any atom is 0.161 e. The summed E-state index contributed by atoms with van der Waals surface area (Å²) in [6, 6.07) is 3.50. The van der Waals surface area contributed by atoms with Crippen LogP contribution in [-0.2, 0) is 6.42 Å². The van der Waals surface area contributed by atoms with Crippen molar-refractivity contribution in [2.45, 2.75) is 44.9 Å². The Morgan fingerprint density at radius 3 is 2.21 bits per heavy atom. The summed E-state index contributed by atoms with van der Waals surface area (Å²) in [6.07, 6.45) is 11.7. The standard InChI is InChI=1S/C21H27NO2/c22-11-15-6-16(7-18-17(15)1-2-19(23)20(18)24)21-8-12-3-13(9-21)5-14(4-12)10-21/h1-2,6,12-14,16,23-24H,3-5,7-11,22H2. The largest absolute Gasteiger partial charge is 0.504 e. The van der Waals surface area contributed by atoms with Crippen LogP contribution in [0.4, 0.5) is 0 Å². The number of fused-ring (bicyclic) bond motifs is 1. The minimum Gasteiger partial charge on any atom is -0.504 e. The van der Waals surface area contributed by atoms with E-state index in [2.05, 4.69) is 6.08 Å². The first-order chi connectivity index (χ1) is 11.6. The lowest BCUT2D eigenvalue weighted by Gasteiger charge is -2.59. The van der Waals surface area contributed by atoms with Crippen molar-refractivity contribution in [2.75, 3.05) is 6.54 Å². The summed E-state index contributed by atoms with van der Waals surface area (Å²) in [5.41, 5.74) is 9.55. The zero-order valence-corrected chi connectivity index (χ0v) is 14.2. The predicted octanol–water partition coefficient (Wildman–Crippen LogP) is 3.83. The molecule has 128 valence electrons. The third-order valence-corrected chi connectivity index (χ3v) is 7.53. The molecule has 3 heteroatoms. The molecule has 1 aromatic rings. The molecule has 4 saturated carbocycles. The molecule has 5 aliphatic rings. The Kier molecular flexibility index (Phi) is 3.10. The Bertz CT molecular complexity index is 686. The number of phenols is 2. The zero-order chi connectivity index (χ0) is 16.5. The Balaban J connectivity index is 1.57. The van der Waals surface area contributed by atoms with Crippen molar-refractivity contribution in [1.82, 2.24) is 0 Å². The maximum absolute atomic E-state index is 10.4. The molecule has 1 atom stereocenters. The van der Waals surface area contributed by atoms with E-state index in [1.54, 1.807) is 6.07 Å². The molecule has 0 aromatic heterocycles. The maximum atomic E-state index is 10.4. The van der Waals surface area contributed by atoms with E-state index >= 15 is 0 Å². The lowest BCUT2D eigenvalue weighted by atomic mass is 9.45. The van der Waals surface area contributed by atoms with Crippen molar-refractivity contribution in [3.8, 4) is 11.5 Å². The lowest BCUT2D eigenvalue weighted by Crippen LogP contribution is -2.50. The van der Waals surface area contributed by atoms with E-state index in [4.69, 9.17) is 5.73 Å². The summed E-state index contributed by atoms with van der Waals surface area (Å²) in [4.78, 5) is 0. The smallest absolute Gasteiger partial charge is 0.161 e. The molecule has 0 amide bonds. The summed E-state index contributed by atoms with van der Waals surface area (Å²) in [5, 5.41) is 20.4. The molecule has 0 heterocycles. The number of allylic oxidation sites excluding steroid dienone is 1. The number of aromatic hydroxyl groups is 2. The fourth-order valence-electron chi connectivity index (χ4n) is 6.95. The van der Waals surface area contributed by atoms with E-state index < -0.39 is 0 Å². The summed E-state index contributed by atoms with van der Waals surface area (Å²) in [7, 11) is 0. The molecular weight excluding hydrogens is 298 g/mol. The number of nitrogens with two attached hydrogens (primary N) is 1. The van der Waals surface area contributed by atoms with Gasteiger partial charge in [0.15, 0.2) is 11.5 Å². The van der Waals surface area contributed by atoms with Gasteiger partial charge in [0.05, 0.1) is 0 Å². The number of hydrogen-bond acceptors (Lipinski definition) is 3. The normalized spacial score (nSPS) is 39.6. The van der Waals surface area contributed by atoms with E-state index in [0.29, 0.717) is 17.9 Å². The fourth-order valence-corrected chi connectivity index (χ4v) is 6.95. The van der Waals surface area contributed by atoms with Gasteiger partial charge in [-0.15, -0.1) is 0 Å². The molecule has 4 N–H and O–H groups in total. The molecule has 5 aliphatic carbocycles. The van der Waals surface area contributed by atoms with Gasteiger partial charge < -0.3 is 15.9 Å². The number of benzene rings is 1. The molecule has 4 fully saturated rings. The van der Waals surface area contributed by atoms with Crippen LogP contribution in [0.25, 0.3) is 5.57 Å². The Morgan fingerprint density at radius 1 is 1.00 bits per heavy atom. The topological polar surface area (TPSA) is 66.5 Å². The average Bonchev–Trinajstić information content (AvgIpc) is 2.56. The summed E-state index contributed by atoms with van der Waals surface area (Å²) in [6.45, 7) is 0.500. The molecule has 0 aliphatic heterocycles. The second-order valence-electron chi connectivity index (χ2n) is 8.95. The molecular formula is C21H27NO2.